The van der Waals surface area contributed by atoms with Gasteiger partial charge in [-0.1, -0.05) is 42.5 Å². The highest BCUT2D eigenvalue weighted by Crippen LogP contribution is 2.44. The summed E-state index contributed by atoms with van der Waals surface area (Å²) in [4.78, 5) is 62.7. The fourth-order valence-corrected chi connectivity index (χ4v) is 7.74. The maximum atomic E-state index is 12.4. The van der Waals surface area contributed by atoms with Crippen LogP contribution in [0.4, 0.5) is 9.59 Å². The van der Waals surface area contributed by atoms with E-state index in [4.69, 9.17) is 4.74 Å². The van der Waals surface area contributed by atoms with Crippen LogP contribution in [-0.4, -0.2) is 70.5 Å². The van der Waals surface area contributed by atoms with Crippen molar-refractivity contribution < 1.29 is 33.4 Å². The topological polar surface area (TPSA) is 177 Å². The molecule has 2 amide bonds. The number of aromatic amines is 2. The van der Waals surface area contributed by atoms with E-state index in [9.17, 15) is 19.2 Å². The van der Waals surface area contributed by atoms with Crippen LogP contribution in [0.5, 0.6) is 5.75 Å². The average Bonchev–Trinajstić information content (AvgIpc) is 3.79. The van der Waals surface area contributed by atoms with Crippen LogP contribution < -0.4 is 26.5 Å². The van der Waals surface area contributed by atoms with Gasteiger partial charge in [0.25, 0.3) is 0 Å². The normalized spacial score (nSPS) is 12.2. The first-order valence-electron chi connectivity index (χ1n) is 16.4. The lowest BCUT2D eigenvalue weighted by Crippen LogP contribution is -2.25. The minimum Gasteiger partial charge on any atom is -0.488 e. The van der Waals surface area contributed by atoms with Crippen LogP contribution in [0.15, 0.2) is 72.9 Å². The summed E-state index contributed by atoms with van der Waals surface area (Å²) in [5.41, 5.74) is 9.77. The number of rotatable bonds is 12. The number of nitrogens with one attached hydrogen (secondary N) is 4. The number of carbonyl (C=O) groups is 4. The maximum absolute atomic E-state index is 12.4. The quantitative estimate of drug-likeness (QED) is 0.118. The number of amides is 2. The molecule has 6 aromatic rings. The highest BCUT2D eigenvalue weighted by molar-refractivity contribution is 7.65. The van der Waals surface area contributed by atoms with Gasteiger partial charge in [-0.15, -0.1) is 0 Å². The highest BCUT2D eigenvalue weighted by Gasteiger charge is 2.21. The molecule has 0 saturated carbocycles. The smallest absolute Gasteiger partial charge is 0.406 e. The minimum atomic E-state index is -0.563. The van der Waals surface area contributed by atoms with Crippen molar-refractivity contribution in [3.05, 3.63) is 78.5 Å². The van der Waals surface area contributed by atoms with E-state index in [1.165, 1.54) is 14.2 Å². The predicted octanol–water partition coefficient (Wildman–Crippen LogP) is 5.49. The number of hydrogen-bond acceptors (Lipinski definition) is 9. The zero-order valence-corrected chi connectivity index (χ0v) is 30.2. The average molecular weight is 737 g/mol. The molecule has 52 heavy (non-hydrogen) atoms. The Hall–Kier alpha value is -5.64. The van der Waals surface area contributed by atoms with E-state index in [1.54, 1.807) is 6.20 Å². The van der Waals surface area contributed by atoms with Crippen molar-refractivity contribution in [2.24, 2.45) is 0 Å². The number of nitrogens with zero attached hydrogens (tertiary/aromatic N) is 2. The van der Waals surface area contributed by atoms with E-state index in [-0.39, 0.29) is 54.1 Å². The highest BCUT2D eigenvalue weighted by atomic mass is 31.1. The largest absolute Gasteiger partial charge is 0.488 e. The van der Waals surface area contributed by atoms with Crippen molar-refractivity contribution in [1.82, 2.24) is 30.6 Å². The van der Waals surface area contributed by atoms with Gasteiger partial charge in [-0.05, 0) is 57.5 Å². The zero-order chi connectivity index (χ0) is 36.2. The number of methoxy groups -OCH3 is 2. The number of fused-ring (bicyclic) bond motifs is 6. The molecule has 15 heteroatoms. The Morgan fingerprint density at radius 3 is 2.19 bits per heavy atom. The van der Waals surface area contributed by atoms with Crippen LogP contribution in [0.3, 0.4) is 0 Å². The molecule has 0 fully saturated rings. The molecule has 0 bridgehead atoms. The van der Waals surface area contributed by atoms with E-state index >= 15 is 0 Å². The van der Waals surface area contributed by atoms with Gasteiger partial charge in [0.1, 0.15) is 23.5 Å². The molecule has 1 aliphatic rings. The van der Waals surface area contributed by atoms with E-state index < -0.39 is 12.2 Å². The van der Waals surface area contributed by atoms with Crippen molar-refractivity contribution in [2.45, 2.75) is 19.4 Å². The summed E-state index contributed by atoms with van der Waals surface area (Å²) >= 11 is 0. The molecule has 2 atom stereocenters. The number of carbonyl (C=O) groups excluding carboxylic acids is 4. The number of aromatic nitrogens is 4. The van der Waals surface area contributed by atoms with Gasteiger partial charge in [-0.3, -0.25) is 9.59 Å². The summed E-state index contributed by atoms with van der Waals surface area (Å²) in [6.07, 6.45) is 1.00. The van der Waals surface area contributed by atoms with Crippen LogP contribution >= 0.6 is 17.2 Å². The predicted molar refractivity (Wildman–Crippen MR) is 202 cm³/mol. The summed E-state index contributed by atoms with van der Waals surface area (Å²) in [6.45, 7) is 0.841. The summed E-state index contributed by atoms with van der Waals surface area (Å²) in [5, 5.41) is 7.10. The van der Waals surface area contributed by atoms with Gasteiger partial charge < -0.3 is 34.8 Å². The number of H-pyrrole nitrogens is 2. The molecule has 3 heterocycles. The standard InChI is InChI=1S/C37H34N6O7P2/c1-48-36(46)38-13-11-31(44)51-34-40-18-30(43-34)23-5-7-25-24(16-23)19-50-33-26-8-3-20(15-22(26)4-9-27(25)33)21-6-10-28-29(17-21)42-35(41-28)52-32(45)12-14-39-37(47)49-2/h3-10,15-18,51-52H,11-14,19H2,1-2H3,(H,38,46)(H,39,47)(H,40,43)(H,41,42). The SMILES string of the molecule is COC(=O)NCCC(=O)Pc1ncc(-c2ccc3c(c2)COc2c-3ccc3cc(-c4ccc5nc(PC(=O)CCNC(=O)OC)[nH]c5c4)ccc23)[nH]1. The van der Waals surface area contributed by atoms with E-state index in [0.29, 0.717) is 17.7 Å². The van der Waals surface area contributed by atoms with E-state index in [2.05, 4.69) is 82.5 Å². The van der Waals surface area contributed by atoms with Gasteiger partial charge in [0, 0.05) is 54.0 Å². The molecule has 0 saturated heterocycles. The zero-order valence-electron chi connectivity index (χ0n) is 28.2. The fourth-order valence-electron chi connectivity index (χ4n) is 6.01. The first-order chi connectivity index (χ1) is 25.3. The van der Waals surface area contributed by atoms with Gasteiger partial charge >= 0.3 is 12.2 Å². The van der Waals surface area contributed by atoms with Gasteiger partial charge in [-0.2, -0.15) is 0 Å². The van der Waals surface area contributed by atoms with E-state index in [0.717, 1.165) is 66.6 Å². The summed E-state index contributed by atoms with van der Waals surface area (Å²) in [5.74, 6) is 0.843. The summed E-state index contributed by atoms with van der Waals surface area (Å²) in [7, 11) is 2.27. The Bertz CT molecular complexity index is 2350. The van der Waals surface area contributed by atoms with Crippen molar-refractivity contribution in [1.29, 1.82) is 0 Å². The van der Waals surface area contributed by atoms with Crippen molar-refractivity contribution in [3.63, 3.8) is 0 Å². The lowest BCUT2D eigenvalue weighted by atomic mass is 9.91. The third-order valence-electron chi connectivity index (χ3n) is 8.57. The molecule has 2 unspecified atom stereocenters. The van der Waals surface area contributed by atoms with Crippen molar-refractivity contribution in [3.8, 4) is 39.3 Å². The number of alkyl carbamates (subject to hydrolysis) is 2. The second kappa shape index (κ2) is 15.3. The molecule has 4 aromatic carbocycles. The molecule has 7 rings (SSSR count). The van der Waals surface area contributed by atoms with Gasteiger partial charge in [0.2, 0.25) is 0 Å². The first-order valence-corrected chi connectivity index (χ1v) is 18.4. The number of imidazole rings is 2. The van der Waals surface area contributed by atoms with Crippen LogP contribution in [0.1, 0.15) is 18.4 Å². The lowest BCUT2D eigenvalue weighted by molar-refractivity contribution is -0.111. The number of hydrogen-bond donors (Lipinski definition) is 4. The second-order valence-corrected chi connectivity index (χ2v) is 14.5. The Balaban J connectivity index is 1.04. The Morgan fingerprint density at radius 1 is 0.769 bits per heavy atom. The second-order valence-electron chi connectivity index (χ2n) is 11.9. The molecular weight excluding hydrogens is 702 g/mol. The fraction of sp³-hybridized carbons (Fsp3) is 0.189. The summed E-state index contributed by atoms with van der Waals surface area (Å²) < 4.78 is 15.4. The Morgan fingerprint density at radius 2 is 1.44 bits per heavy atom. The minimum absolute atomic E-state index is 0.0135. The van der Waals surface area contributed by atoms with Gasteiger partial charge in [-0.25, -0.2) is 19.6 Å². The third kappa shape index (κ3) is 7.66. The van der Waals surface area contributed by atoms with Crippen molar-refractivity contribution >= 4 is 73.3 Å². The molecule has 0 spiro atoms. The lowest BCUT2D eigenvalue weighted by Gasteiger charge is -2.23. The maximum Gasteiger partial charge on any atom is 0.406 e. The first kappa shape index (κ1) is 34.8. The molecule has 0 aliphatic carbocycles. The van der Waals surface area contributed by atoms with Gasteiger partial charge in [0.05, 0.1) is 37.1 Å². The Labute approximate surface area is 301 Å². The van der Waals surface area contributed by atoms with Crippen LogP contribution in [0.25, 0.3) is 55.3 Å². The van der Waals surface area contributed by atoms with Crippen LogP contribution in [-0.2, 0) is 25.7 Å². The van der Waals surface area contributed by atoms with Gasteiger partial charge in [0.15, 0.2) is 11.0 Å². The number of ether oxygens (including phenoxy) is 3. The Kier molecular flexibility index (Phi) is 10.2. The number of benzene rings is 4. The third-order valence-corrected chi connectivity index (χ3v) is 10.6. The van der Waals surface area contributed by atoms with E-state index in [1.807, 2.05) is 24.3 Å². The molecule has 2 aromatic heterocycles. The molecule has 1 aliphatic heterocycles. The molecule has 13 nitrogen and oxygen atoms in total. The van der Waals surface area contributed by atoms with Crippen LogP contribution in [0.2, 0.25) is 0 Å². The molecule has 4 N–H and O–H groups in total. The summed E-state index contributed by atoms with van der Waals surface area (Å²) in [6, 6.07) is 22.8. The van der Waals surface area contributed by atoms with Crippen molar-refractivity contribution in [2.75, 3.05) is 27.3 Å². The van der Waals surface area contributed by atoms with Crippen LogP contribution in [0, 0.1) is 0 Å². The molecule has 264 valence electrons. The monoisotopic (exact) mass is 736 g/mol. The molecule has 0 radical (unpaired) electrons. The molecular formula is C37H34N6O7P2.